The highest BCUT2D eigenvalue weighted by Gasteiger charge is 2.23. The Morgan fingerprint density at radius 1 is 1.18 bits per heavy atom. The molecule has 1 aromatic carbocycles. The zero-order chi connectivity index (χ0) is 12.9. The molecule has 2 nitrogen and oxygen atoms in total. The summed E-state index contributed by atoms with van der Waals surface area (Å²) in [6.45, 7) is 9.05. The van der Waals surface area contributed by atoms with E-state index < -0.39 is 5.60 Å². The number of hydrogen-bond donors (Lipinski definition) is 2. The molecule has 0 fully saturated rings. The van der Waals surface area contributed by atoms with Crippen molar-refractivity contribution in [2.75, 3.05) is 6.54 Å². The summed E-state index contributed by atoms with van der Waals surface area (Å²) in [7, 11) is 0. The highest BCUT2D eigenvalue weighted by molar-refractivity contribution is 5.21. The van der Waals surface area contributed by atoms with Crippen molar-refractivity contribution in [3.63, 3.8) is 0 Å². The quantitative estimate of drug-likeness (QED) is 0.794. The van der Waals surface area contributed by atoms with Crippen LogP contribution in [0.25, 0.3) is 0 Å². The summed E-state index contributed by atoms with van der Waals surface area (Å²) in [6, 6.07) is 10.3. The van der Waals surface area contributed by atoms with E-state index in [1.165, 1.54) is 0 Å². The summed E-state index contributed by atoms with van der Waals surface area (Å²) in [5.74, 6) is 0.680. The third-order valence-corrected chi connectivity index (χ3v) is 3.02. The Kier molecular flexibility index (Phi) is 5.16. The fraction of sp³-hybridized carbons (Fsp3) is 0.600. The molecule has 0 saturated carbocycles. The van der Waals surface area contributed by atoms with Crippen LogP contribution in [0, 0.1) is 5.92 Å². The molecular formula is C15H25NO. The van der Waals surface area contributed by atoms with Gasteiger partial charge in [0.25, 0.3) is 0 Å². The van der Waals surface area contributed by atoms with Crippen molar-refractivity contribution in [1.29, 1.82) is 0 Å². The second kappa shape index (κ2) is 6.18. The average Bonchev–Trinajstić information content (AvgIpc) is 2.27. The van der Waals surface area contributed by atoms with Gasteiger partial charge in [0.15, 0.2) is 0 Å². The van der Waals surface area contributed by atoms with E-state index in [-0.39, 0.29) is 0 Å². The number of rotatable bonds is 6. The first-order valence-electron chi connectivity index (χ1n) is 6.43. The molecule has 0 bridgehead atoms. The molecule has 0 aromatic heterocycles. The first kappa shape index (κ1) is 14.2. The third-order valence-electron chi connectivity index (χ3n) is 3.02. The molecule has 0 amide bonds. The minimum atomic E-state index is -0.799. The van der Waals surface area contributed by atoms with Gasteiger partial charge in [-0.3, -0.25) is 0 Å². The van der Waals surface area contributed by atoms with E-state index in [1.54, 1.807) is 0 Å². The Morgan fingerprint density at radius 2 is 1.76 bits per heavy atom. The smallest absolute Gasteiger partial charge is 0.0992 e. The molecule has 1 aromatic rings. The van der Waals surface area contributed by atoms with Crippen LogP contribution >= 0.6 is 0 Å². The monoisotopic (exact) mass is 235 g/mol. The highest BCUT2D eigenvalue weighted by atomic mass is 16.3. The molecule has 0 heterocycles. The van der Waals surface area contributed by atoms with Crippen LogP contribution in [-0.4, -0.2) is 17.7 Å². The predicted molar refractivity (Wildman–Crippen MR) is 72.9 cm³/mol. The molecule has 0 aliphatic rings. The van der Waals surface area contributed by atoms with Gasteiger partial charge in [0.2, 0.25) is 0 Å². The van der Waals surface area contributed by atoms with Gasteiger partial charge in [-0.05, 0) is 31.7 Å². The molecule has 2 atom stereocenters. The lowest BCUT2D eigenvalue weighted by Gasteiger charge is -2.27. The Hall–Kier alpha value is -0.860. The molecule has 96 valence electrons. The van der Waals surface area contributed by atoms with Gasteiger partial charge in [0.1, 0.15) is 0 Å². The maximum Gasteiger partial charge on any atom is 0.0992 e. The van der Waals surface area contributed by atoms with Gasteiger partial charge < -0.3 is 10.4 Å². The van der Waals surface area contributed by atoms with Crippen molar-refractivity contribution in [1.82, 2.24) is 5.32 Å². The fourth-order valence-corrected chi connectivity index (χ4v) is 2.06. The van der Waals surface area contributed by atoms with Crippen molar-refractivity contribution in [2.24, 2.45) is 5.92 Å². The van der Waals surface area contributed by atoms with E-state index in [1.807, 2.05) is 37.3 Å². The molecule has 0 aliphatic carbocycles. The van der Waals surface area contributed by atoms with E-state index in [0.717, 1.165) is 12.0 Å². The summed E-state index contributed by atoms with van der Waals surface area (Å²) >= 11 is 0. The van der Waals surface area contributed by atoms with Gasteiger partial charge >= 0.3 is 0 Å². The van der Waals surface area contributed by atoms with Crippen molar-refractivity contribution in [3.05, 3.63) is 35.9 Å². The van der Waals surface area contributed by atoms with Gasteiger partial charge in [-0.2, -0.15) is 0 Å². The molecule has 1 rings (SSSR count). The molecule has 0 spiro atoms. The zero-order valence-corrected chi connectivity index (χ0v) is 11.4. The van der Waals surface area contributed by atoms with E-state index in [4.69, 9.17) is 0 Å². The van der Waals surface area contributed by atoms with Crippen LogP contribution in [0.15, 0.2) is 30.3 Å². The second-order valence-corrected chi connectivity index (χ2v) is 5.55. The number of aliphatic hydroxyl groups is 1. The lowest BCUT2D eigenvalue weighted by Crippen LogP contribution is -2.40. The van der Waals surface area contributed by atoms with E-state index in [9.17, 15) is 5.11 Å². The third kappa shape index (κ3) is 4.88. The maximum atomic E-state index is 10.4. The average molecular weight is 235 g/mol. The zero-order valence-electron chi connectivity index (χ0n) is 11.4. The second-order valence-electron chi connectivity index (χ2n) is 5.55. The van der Waals surface area contributed by atoms with E-state index in [2.05, 4.69) is 26.1 Å². The van der Waals surface area contributed by atoms with Crippen LogP contribution in [-0.2, 0) is 5.60 Å². The Bertz CT molecular complexity index is 319. The molecule has 17 heavy (non-hydrogen) atoms. The van der Waals surface area contributed by atoms with Gasteiger partial charge in [-0.25, -0.2) is 0 Å². The van der Waals surface area contributed by atoms with Crippen molar-refractivity contribution in [3.8, 4) is 0 Å². The van der Waals surface area contributed by atoms with Crippen LogP contribution in [0.5, 0.6) is 0 Å². The number of hydrogen-bond acceptors (Lipinski definition) is 2. The minimum absolute atomic E-state index is 0.435. The Morgan fingerprint density at radius 3 is 2.29 bits per heavy atom. The molecule has 2 heteroatoms. The maximum absolute atomic E-state index is 10.4. The van der Waals surface area contributed by atoms with Gasteiger partial charge in [0.05, 0.1) is 5.60 Å². The molecule has 2 unspecified atom stereocenters. The molecular weight excluding hydrogens is 210 g/mol. The van der Waals surface area contributed by atoms with Gasteiger partial charge in [-0.15, -0.1) is 0 Å². The summed E-state index contributed by atoms with van der Waals surface area (Å²) in [4.78, 5) is 0. The van der Waals surface area contributed by atoms with Crippen LogP contribution in [0.1, 0.15) is 39.7 Å². The fourth-order valence-electron chi connectivity index (χ4n) is 2.06. The van der Waals surface area contributed by atoms with Crippen molar-refractivity contribution in [2.45, 2.75) is 45.8 Å². The lowest BCUT2D eigenvalue weighted by molar-refractivity contribution is 0.0536. The number of benzene rings is 1. The summed E-state index contributed by atoms with van der Waals surface area (Å²) in [6.07, 6.45) is 1.13. The topological polar surface area (TPSA) is 32.3 Å². The van der Waals surface area contributed by atoms with Crippen LogP contribution in [0.4, 0.5) is 0 Å². The predicted octanol–water partition coefficient (Wildman–Crippen LogP) is 2.92. The molecule has 0 aliphatic heterocycles. The number of nitrogens with one attached hydrogen (secondary N) is 1. The summed E-state index contributed by atoms with van der Waals surface area (Å²) in [5, 5.41) is 13.8. The standard InChI is InChI=1S/C15H25NO/c1-12(2)10-13(3)16-11-15(4,17)14-8-6-5-7-9-14/h5-9,12-13,16-17H,10-11H2,1-4H3. The molecule has 0 saturated heterocycles. The molecule has 2 N–H and O–H groups in total. The normalized spacial score (nSPS) is 16.8. The SMILES string of the molecule is CC(C)CC(C)NCC(C)(O)c1ccccc1. The van der Waals surface area contributed by atoms with Crippen LogP contribution in [0.3, 0.4) is 0 Å². The largest absolute Gasteiger partial charge is 0.384 e. The first-order chi connectivity index (χ1) is 7.92. The lowest BCUT2D eigenvalue weighted by atomic mass is 9.95. The van der Waals surface area contributed by atoms with Gasteiger partial charge in [-0.1, -0.05) is 44.2 Å². The van der Waals surface area contributed by atoms with Crippen molar-refractivity contribution >= 4 is 0 Å². The highest BCUT2D eigenvalue weighted by Crippen LogP contribution is 2.19. The van der Waals surface area contributed by atoms with Crippen LogP contribution in [0.2, 0.25) is 0 Å². The van der Waals surface area contributed by atoms with Crippen LogP contribution < -0.4 is 5.32 Å². The van der Waals surface area contributed by atoms with Crippen molar-refractivity contribution < 1.29 is 5.11 Å². The molecule has 0 radical (unpaired) electrons. The van der Waals surface area contributed by atoms with Gasteiger partial charge in [0, 0.05) is 12.6 Å². The summed E-state index contributed by atoms with van der Waals surface area (Å²) < 4.78 is 0. The first-order valence-corrected chi connectivity index (χ1v) is 6.43. The van der Waals surface area contributed by atoms with E-state index in [0.29, 0.717) is 18.5 Å². The van der Waals surface area contributed by atoms with E-state index >= 15 is 0 Å². The Balaban J connectivity index is 2.50. The summed E-state index contributed by atoms with van der Waals surface area (Å²) in [5.41, 5.74) is 0.163. The Labute approximate surface area is 105 Å². The minimum Gasteiger partial charge on any atom is -0.384 e.